The molecule has 0 saturated carbocycles. The summed E-state index contributed by atoms with van der Waals surface area (Å²) in [6.07, 6.45) is 3.76. The van der Waals surface area contributed by atoms with E-state index in [1.54, 1.807) is 0 Å². The molecule has 2 aliphatic rings. The Kier molecular flexibility index (Phi) is 3.89. The molecule has 0 atom stereocenters. The van der Waals surface area contributed by atoms with Crippen LogP contribution in [0.4, 0.5) is 0 Å². The van der Waals surface area contributed by atoms with E-state index in [9.17, 15) is 10.0 Å². The lowest BCUT2D eigenvalue weighted by Gasteiger charge is -2.42. The van der Waals surface area contributed by atoms with Crippen LogP contribution in [0, 0.1) is 4.91 Å². The molecule has 0 unspecified atom stereocenters. The summed E-state index contributed by atoms with van der Waals surface area (Å²) < 4.78 is 0. The molecule has 92 valence electrons. The third kappa shape index (κ3) is 2.78. The van der Waals surface area contributed by atoms with Gasteiger partial charge in [0.05, 0.1) is 5.60 Å². The second-order valence-electron chi connectivity index (χ2n) is 5.03. The third-order valence-corrected chi connectivity index (χ3v) is 3.91. The maximum Gasteiger partial charge on any atom is 0.110 e. The number of hydrogen-bond acceptors (Lipinski definition) is 5. The molecular formula is C11H21N3O2. The molecule has 0 spiro atoms. The highest BCUT2D eigenvalue weighted by Gasteiger charge is 2.35. The van der Waals surface area contributed by atoms with Crippen molar-refractivity contribution in [3.8, 4) is 0 Å². The highest BCUT2D eigenvalue weighted by atomic mass is 16.3. The van der Waals surface area contributed by atoms with Gasteiger partial charge >= 0.3 is 0 Å². The van der Waals surface area contributed by atoms with E-state index >= 15 is 0 Å². The Morgan fingerprint density at radius 3 is 2.50 bits per heavy atom. The van der Waals surface area contributed by atoms with Gasteiger partial charge in [-0.3, -0.25) is 0 Å². The highest BCUT2D eigenvalue weighted by molar-refractivity contribution is 4.90. The van der Waals surface area contributed by atoms with Crippen LogP contribution in [0.25, 0.3) is 0 Å². The summed E-state index contributed by atoms with van der Waals surface area (Å²) >= 11 is 0. The molecule has 0 bridgehead atoms. The lowest BCUT2D eigenvalue weighted by molar-refractivity contribution is -0.0267. The Bertz CT molecular complexity index is 233. The molecule has 5 heteroatoms. The van der Waals surface area contributed by atoms with E-state index in [0.717, 1.165) is 26.2 Å². The smallest absolute Gasteiger partial charge is 0.110 e. The summed E-state index contributed by atoms with van der Waals surface area (Å²) in [5.41, 5.74) is -0.828. The van der Waals surface area contributed by atoms with Gasteiger partial charge in [0.2, 0.25) is 0 Å². The van der Waals surface area contributed by atoms with Gasteiger partial charge in [0, 0.05) is 19.1 Å². The van der Waals surface area contributed by atoms with E-state index in [1.165, 1.54) is 12.8 Å². The second kappa shape index (κ2) is 5.21. The molecule has 2 aliphatic heterocycles. The van der Waals surface area contributed by atoms with E-state index in [1.807, 2.05) is 0 Å². The lowest BCUT2D eigenvalue weighted by atomic mass is 9.90. The van der Waals surface area contributed by atoms with Crippen LogP contribution in [-0.2, 0) is 0 Å². The SMILES string of the molecule is O=NCC1(O)CCN(C2CCNCC2)CC1. The molecule has 5 nitrogen and oxygen atoms in total. The quantitative estimate of drug-likeness (QED) is 0.682. The van der Waals surface area contributed by atoms with E-state index in [-0.39, 0.29) is 6.54 Å². The molecule has 2 fully saturated rings. The molecule has 0 aliphatic carbocycles. The average molecular weight is 227 g/mol. The Morgan fingerprint density at radius 1 is 1.31 bits per heavy atom. The van der Waals surface area contributed by atoms with Gasteiger partial charge < -0.3 is 15.3 Å². The summed E-state index contributed by atoms with van der Waals surface area (Å²) in [4.78, 5) is 12.7. The lowest BCUT2D eigenvalue weighted by Crippen LogP contribution is -2.51. The minimum Gasteiger partial charge on any atom is -0.388 e. The predicted molar refractivity (Wildman–Crippen MR) is 62.3 cm³/mol. The molecule has 16 heavy (non-hydrogen) atoms. The standard InChI is InChI=1S/C11H21N3O2/c15-11(9-13-16)3-7-14(8-4-11)10-1-5-12-6-2-10/h10,12,15H,1-9H2. The van der Waals surface area contributed by atoms with Crippen molar-refractivity contribution in [3.05, 3.63) is 4.91 Å². The maximum absolute atomic E-state index is 10.2. The van der Waals surface area contributed by atoms with Crippen molar-refractivity contribution in [1.29, 1.82) is 0 Å². The van der Waals surface area contributed by atoms with E-state index < -0.39 is 5.60 Å². The van der Waals surface area contributed by atoms with E-state index in [2.05, 4.69) is 15.4 Å². The predicted octanol–water partition coefficient (Wildman–Crippen LogP) is 0.332. The topological polar surface area (TPSA) is 64.9 Å². The van der Waals surface area contributed by atoms with Gasteiger partial charge in [-0.15, -0.1) is 0 Å². The molecule has 0 amide bonds. The Balaban J connectivity index is 1.81. The van der Waals surface area contributed by atoms with Crippen LogP contribution < -0.4 is 5.32 Å². The molecule has 2 N–H and O–H groups in total. The summed E-state index contributed by atoms with van der Waals surface area (Å²) in [6, 6.07) is 0.662. The van der Waals surface area contributed by atoms with Crippen LogP contribution in [-0.4, -0.2) is 54.4 Å². The summed E-state index contributed by atoms with van der Waals surface area (Å²) in [5.74, 6) is 0. The molecule has 0 aromatic heterocycles. The Morgan fingerprint density at radius 2 is 1.94 bits per heavy atom. The first-order chi connectivity index (χ1) is 7.73. The number of rotatable bonds is 3. The number of nitrogens with zero attached hydrogens (tertiary/aromatic N) is 2. The first kappa shape index (κ1) is 12.0. The fourth-order valence-electron chi connectivity index (χ4n) is 2.76. The molecule has 2 heterocycles. The third-order valence-electron chi connectivity index (χ3n) is 3.91. The number of aliphatic hydroxyl groups is 1. The number of hydrogen-bond donors (Lipinski definition) is 2. The molecule has 0 aromatic carbocycles. The average Bonchev–Trinajstić information content (AvgIpc) is 2.31. The first-order valence-electron chi connectivity index (χ1n) is 6.20. The van der Waals surface area contributed by atoms with Crippen molar-refractivity contribution in [2.75, 3.05) is 32.7 Å². The molecule has 0 radical (unpaired) electrons. The number of nitroso groups, excluding NO2 is 1. The van der Waals surface area contributed by atoms with Crippen LogP contribution in [0.15, 0.2) is 5.18 Å². The number of nitrogens with one attached hydrogen (secondary N) is 1. The van der Waals surface area contributed by atoms with Crippen LogP contribution in [0.5, 0.6) is 0 Å². The van der Waals surface area contributed by atoms with Crippen LogP contribution in [0.2, 0.25) is 0 Å². The minimum atomic E-state index is -0.828. The summed E-state index contributed by atoms with van der Waals surface area (Å²) in [7, 11) is 0. The molecule has 0 aromatic rings. The summed E-state index contributed by atoms with van der Waals surface area (Å²) in [5, 5.41) is 16.3. The monoisotopic (exact) mass is 227 g/mol. The molecule has 2 rings (SSSR count). The number of likely N-dealkylation sites (tertiary alicyclic amines) is 1. The van der Waals surface area contributed by atoms with Gasteiger partial charge in [-0.25, -0.2) is 0 Å². The van der Waals surface area contributed by atoms with Gasteiger partial charge in [0.15, 0.2) is 0 Å². The zero-order valence-corrected chi connectivity index (χ0v) is 9.69. The number of piperidine rings is 2. The van der Waals surface area contributed by atoms with Crippen molar-refractivity contribution in [2.24, 2.45) is 5.18 Å². The van der Waals surface area contributed by atoms with Crippen molar-refractivity contribution in [3.63, 3.8) is 0 Å². The van der Waals surface area contributed by atoms with Gasteiger partial charge in [0.1, 0.15) is 6.54 Å². The van der Waals surface area contributed by atoms with Gasteiger partial charge in [-0.2, -0.15) is 4.91 Å². The fraction of sp³-hybridized carbons (Fsp3) is 1.00. The van der Waals surface area contributed by atoms with Gasteiger partial charge in [0.25, 0.3) is 0 Å². The summed E-state index contributed by atoms with van der Waals surface area (Å²) in [6.45, 7) is 4.04. The van der Waals surface area contributed by atoms with Crippen molar-refractivity contribution < 1.29 is 5.11 Å². The fourth-order valence-corrected chi connectivity index (χ4v) is 2.76. The van der Waals surface area contributed by atoms with E-state index in [0.29, 0.717) is 18.9 Å². The second-order valence-corrected chi connectivity index (χ2v) is 5.03. The zero-order chi connectivity index (χ0) is 11.4. The van der Waals surface area contributed by atoms with Crippen LogP contribution in [0.1, 0.15) is 25.7 Å². The highest BCUT2D eigenvalue weighted by Crippen LogP contribution is 2.25. The first-order valence-corrected chi connectivity index (χ1v) is 6.20. The molecular weight excluding hydrogens is 206 g/mol. The Hall–Kier alpha value is -0.520. The van der Waals surface area contributed by atoms with Crippen molar-refractivity contribution in [2.45, 2.75) is 37.3 Å². The van der Waals surface area contributed by atoms with Gasteiger partial charge in [-0.1, -0.05) is 5.18 Å². The van der Waals surface area contributed by atoms with Crippen molar-refractivity contribution in [1.82, 2.24) is 10.2 Å². The van der Waals surface area contributed by atoms with Crippen molar-refractivity contribution >= 4 is 0 Å². The largest absolute Gasteiger partial charge is 0.388 e. The zero-order valence-electron chi connectivity index (χ0n) is 9.69. The van der Waals surface area contributed by atoms with E-state index in [4.69, 9.17) is 0 Å². The normalized spacial score (nSPS) is 27.8. The maximum atomic E-state index is 10.2. The van der Waals surface area contributed by atoms with Crippen LogP contribution >= 0.6 is 0 Å². The minimum absolute atomic E-state index is 0.0487. The molecule has 2 saturated heterocycles. The van der Waals surface area contributed by atoms with Gasteiger partial charge in [-0.05, 0) is 38.8 Å². The Labute approximate surface area is 96.2 Å². The van der Waals surface area contributed by atoms with Crippen LogP contribution in [0.3, 0.4) is 0 Å².